The molecule has 0 bridgehead atoms. The first-order valence-electron chi connectivity index (χ1n) is 7.43. The number of methoxy groups -OCH3 is 1. The van der Waals surface area contributed by atoms with Crippen LogP contribution in [0.5, 0.6) is 17.4 Å². The zero-order valence-electron chi connectivity index (χ0n) is 13.2. The second kappa shape index (κ2) is 5.69. The van der Waals surface area contributed by atoms with Crippen molar-refractivity contribution >= 4 is 28.2 Å². The summed E-state index contributed by atoms with van der Waals surface area (Å²) in [6.07, 6.45) is 0. The van der Waals surface area contributed by atoms with E-state index in [4.69, 9.17) is 21.1 Å². The van der Waals surface area contributed by atoms with Crippen LogP contribution in [0.3, 0.4) is 0 Å². The number of aryl methyl sites for hydroxylation is 1. The lowest BCUT2D eigenvalue weighted by Crippen LogP contribution is -1.98. The van der Waals surface area contributed by atoms with Gasteiger partial charge < -0.3 is 9.47 Å². The van der Waals surface area contributed by atoms with Crippen LogP contribution in [-0.4, -0.2) is 21.7 Å². The van der Waals surface area contributed by atoms with Crippen LogP contribution in [0.4, 0.5) is 0 Å². The van der Waals surface area contributed by atoms with E-state index in [1.54, 1.807) is 11.6 Å². The molecule has 0 atom stereocenters. The van der Waals surface area contributed by atoms with Crippen molar-refractivity contribution in [3.05, 3.63) is 59.2 Å². The quantitative estimate of drug-likeness (QED) is 0.545. The molecule has 2 aromatic carbocycles. The Kier molecular flexibility index (Phi) is 3.50. The van der Waals surface area contributed by atoms with E-state index in [0.29, 0.717) is 28.0 Å². The smallest absolute Gasteiger partial charge is 0.230 e. The van der Waals surface area contributed by atoms with Crippen LogP contribution in [0.15, 0.2) is 48.5 Å². The predicted octanol–water partition coefficient (Wildman–Crippen LogP) is 4.65. The maximum atomic E-state index is 6.35. The molecule has 0 saturated heterocycles. The summed E-state index contributed by atoms with van der Waals surface area (Å²) in [6, 6.07) is 15.2. The van der Waals surface area contributed by atoms with Gasteiger partial charge in [0, 0.05) is 0 Å². The van der Waals surface area contributed by atoms with Crippen molar-refractivity contribution in [2.24, 2.45) is 0 Å². The normalized spacial score (nSPS) is 11.1. The number of aromatic nitrogens is 3. The summed E-state index contributed by atoms with van der Waals surface area (Å²) in [4.78, 5) is 4.59. The molecule has 120 valence electrons. The summed E-state index contributed by atoms with van der Waals surface area (Å²) in [5.41, 5.74) is 2.17. The van der Waals surface area contributed by atoms with Gasteiger partial charge in [0.2, 0.25) is 5.88 Å². The first kappa shape index (κ1) is 14.8. The SMILES string of the molecule is COc1ccccc1Oc1nc2c(Cl)c(C)nn2c2ccccc12. The molecule has 4 aromatic rings. The summed E-state index contributed by atoms with van der Waals surface area (Å²) < 4.78 is 13.1. The Morgan fingerprint density at radius 1 is 1.00 bits per heavy atom. The highest BCUT2D eigenvalue weighted by Gasteiger charge is 2.16. The highest BCUT2D eigenvalue weighted by Crippen LogP contribution is 2.35. The lowest BCUT2D eigenvalue weighted by molar-refractivity contribution is 0.376. The summed E-state index contributed by atoms with van der Waals surface area (Å²) in [5, 5.41) is 5.83. The molecule has 4 rings (SSSR count). The number of nitrogens with zero attached hydrogens (tertiary/aromatic N) is 3. The van der Waals surface area contributed by atoms with Gasteiger partial charge in [-0.1, -0.05) is 35.9 Å². The number of ether oxygens (including phenoxy) is 2. The monoisotopic (exact) mass is 339 g/mol. The summed E-state index contributed by atoms with van der Waals surface area (Å²) in [6.45, 7) is 1.85. The highest BCUT2D eigenvalue weighted by atomic mass is 35.5. The van der Waals surface area contributed by atoms with E-state index in [1.165, 1.54) is 0 Å². The molecule has 0 unspecified atom stereocenters. The average Bonchev–Trinajstić information content (AvgIpc) is 2.91. The molecule has 6 heteroatoms. The fraction of sp³-hybridized carbons (Fsp3) is 0.111. The predicted molar refractivity (Wildman–Crippen MR) is 93.3 cm³/mol. The number of benzene rings is 2. The van der Waals surface area contributed by atoms with Crippen molar-refractivity contribution in [1.82, 2.24) is 14.6 Å². The van der Waals surface area contributed by atoms with Crippen molar-refractivity contribution in [3.8, 4) is 17.4 Å². The first-order chi connectivity index (χ1) is 11.7. The van der Waals surface area contributed by atoms with E-state index in [1.807, 2.05) is 55.5 Å². The minimum Gasteiger partial charge on any atom is -0.493 e. The number of hydrogen-bond acceptors (Lipinski definition) is 4. The molecule has 0 spiro atoms. The van der Waals surface area contributed by atoms with E-state index >= 15 is 0 Å². The second-order valence-corrected chi connectivity index (χ2v) is 5.70. The van der Waals surface area contributed by atoms with Gasteiger partial charge in [0.1, 0.15) is 5.02 Å². The Labute approximate surface area is 143 Å². The number of fused-ring (bicyclic) bond motifs is 3. The van der Waals surface area contributed by atoms with Crippen LogP contribution < -0.4 is 9.47 Å². The summed E-state index contributed by atoms with van der Waals surface area (Å²) in [5.74, 6) is 1.69. The third-order valence-corrected chi connectivity index (χ3v) is 4.25. The molecule has 2 heterocycles. The van der Waals surface area contributed by atoms with Crippen LogP contribution in [-0.2, 0) is 0 Å². The summed E-state index contributed by atoms with van der Waals surface area (Å²) >= 11 is 6.35. The lowest BCUT2D eigenvalue weighted by Gasteiger charge is -2.12. The fourth-order valence-corrected chi connectivity index (χ4v) is 2.80. The molecule has 0 N–H and O–H groups in total. The van der Waals surface area contributed by atoms with Gasteiger partial charge >= 0.3 is 0 Å². The molecule has 0 radical (unpaired) electrons. The van der Waals surface area contributed by atoms with Crippen molar-refractivity contribution in [1.29, 1.82) is 0 Å². The minimum absolute atomic E-state index is 0.462. The molecule has 0 amide bonds. The van der Waals surface area contributed by atoms with Gasteiger partial charge in [-0.3, -0.25) is 0 Å². The molecule has 24 heavy (non-hydrogen) atoms. The molecular weight excluding hydrogens is 326 g/mol. The van der Waals surface area contributed by atoms with Crippen molar-refractivity contribution in [2.75, 3.05) is 7.11 Å². The number of para-hydroxylation sites is 3. The van der Waals surface area contributed by atoms with Crippen molar-refractivity contribution in [3.63, 3.8) is 0 Å². The van der Waals surface area contributed by atoms with E-state index < -0.39 is 0 Å². The Bertz CT molecular complexity index is 1060. The molecule has 0 fully saturated rings. The molecule has 0 saturated carbocycles. The highest BCUT2D eigenvalue weighted by molar-refractivity contribution is 6.34. The molecule has 0 aliphatic carbocycles. The Morgan fingerprint density at radius 2 is 1.71 bits per heavy atom. The van der Waals surface area contributed by atoms with Crippen LogP contribution >= 0.6 is 11.6 Å². The lowest BCUT2D eigenvalue weighted by atomic mass is 10.2. The molecule has 5 nitrogen and oxygen atoms in total. The summed E-state index contributed by atoms with van der Waals surface area (Å²) in [7, 11) is 1.61. The largest absolute Gasteiger partial charge is 0.493 e. The van der Waals surface area contributed by atoms with Gasteiger partial charge in [-0.25, -0.2) is 4.52 Å². The van der Waals surface area contributed by atoms with Crippen molar-refractivity contribution < 1.29 is 9.47 Å². The van der Waals surface area contributed by atoms with Gasteiger partial charge in [0.05, 0.1) is 23.7 Å². The topological polar surface area (TPSA) is 48.7 Å². The minimum atomic E-state index is 0.462. The van der Waals surface area contributed by atoms with Gasteiger partial charge in [0.15, 0.2) is 17.1 Å². The van der Waals surface area contributed by atoms with Gasteiger partial charge in [-0.2, -0.15) is 10.1 Å². The number of halogens is 1. The van der Waals surface area contributed by atoms with E-state index in [-0.39, 0.29) is 0 Å². The molecule has 2 aromatic heterocycles. The first-order valence-corrected chi connectivity index (χ1v) is 7.81. The fourth-order valence-electron chi connectivity index (χ4n) is 2.64. The Morgan fingerprint density at radius 3 is 2.50 bits per heavy atom. The van der Waals surface area contributed by atoms with E-state index in [9.17, 15) is 0 Å². The third-order valence-electron chi connectivity index (χ3n) is 3.81. The van der Waals surface area contributed by atoms with E-state index in [0.717, 1.165) is 16.6 Å². The molecule has 0 aliphatic heterocycles. The van der Waals surface area contributed by atoms with Crippen LogP contribution in [0, 0.1) is 6.92 Å². The van der Waals surface area contributed by atoms with Gasteiger partial charge in [-0.05, 0) is 31.2 Å². The zero-order valence-corrected chi connectivity index (χ0v) is 13.9. The average molecular weight is 340 g/mol. The molecule has 0 aliphatic rings. The maximum Gasteiger partial charge on any atom is 0.230 e. The number of hydrogen-bond donors (Lipinski definition) is 0. The number of rotatable bonds is 3. The van der Waals surface area contributed by atoms with Gasteiger partial charge in [0.25, 0.3) is 0 Å². The standard InChI is InChI=1S/C18H14ClN3O2/c1-11-16(19)17-20-18(24-15-10-6-5-9-14(15)23-2)12-7-3-4-8-13(12)22(17)21-11/h3-10H,1-2H3. The van der Waals surface area contributed by atoms with Crippen LogP contribution in [0.2, 0.25) is 5.02 Å². The Hall–Kier alpha value is -2.79. The van der Waals surface area contributed by atoms with Gasteiger partial charge in [-0.15, -0.1) is 0 Å². The zero-order chi connectivity index (χ0) is 16.7. The van der Waals surface area contributed by atoms with E-state index in [2.05, 4.69) is 10.1 Å². The third kappa shape index (κ3) is 2.25. The maximum absolute atomic E-state index is 6.35. The van der Waals surface area contributed by atoms with Crippen LogP contribution in [0.1, 0.15) is 5.69 Å². The Balaban J connectivity index is 1.98. The second-order valence-electron chi connectivity index (χ2n) is 5.32. The van der Waals surface area contributed by atoms with Crippen LogP contribution in [0.25, 0.3) is 16.6 Å². The van der Waals surface area contributed by atoms with Crippen molar-refractivity contribution in [2.45, 2.75) is 6.92 Å². The molecular formula is C18H14ClN3O2.